The molecule has 53 heavy (non-hydrogen) atoms. The molecule has 3 aliphatic carbocycles. The largest absolute Gasteiger partial charge is 0.333 e. The lowest BCUT2D eigenvalue weighted by molar-refractivity contribution is 0.747. The quantitative estimate of drug-likeness (QED) is 0.183. The van der Waals surface area contributed by atoms with Crippen molar-refractivity contribution in [1.82, 2.24) is 0 Å². The molecule has 0 fully saturated rings. The minimum atomic E-state index is 0.266. The summed E-state index contributed by atoms with van der Waals surface area (Å²) in [5.41, 5.74) is 21.3. The van der Waals surface area contributed by atoms with Crippen molar-refractivity contribution in [2.75, 3.05) is 9.80 Å². The summed E-state index contributed by atoms with van der Waals surface area (Å²) in [6, 6.07) is 50.6. The third-order valence-corrected chi connectivity index (χ3v) is 12.2. The number of allylic oxidation sites excluding steroid dienone is 4. The Bertz CT molecular complexity index is 2440. The van der Waals surface area contributed by atoms with Gasteiger partial charge in [0.2, 0.25) is 0 Å². The highest BCUT2D eigenvalue weighted by Crippen LogP contribution is 2.51. The van der Waals surface area contributed by atoms with E-state index in [0.29, 0.717) is 11.8 Å². The van der Waals surface area contributed by atoms with Crippen LogP contribution in [0.25, 0.3) is 22.3 Å². The van der Waals surface area contributed by atoms with E-state index < -0.39 is 0 Å². The van der Waals surface area contributed by atoms with E-state index in [9.17, 15) is 0 Å². The SMILES string of the molecule is Cc1cccc(N2c3ccccc3C3C=C(c4ccc5c(c4)-c4cc(C6=CC7c8ccccc8N(c8cccc(C)c8)C7C=C6)ccc4C5)C=CC32)c1. The summed E-state index contributed by atoms with van der Waals surface area (Å²) in [4.78, 5) is 5.05. The fraction of sp³-hybridized carbons (Fsp3) is 0.137. The number of hydrogen-bond acceptors (Lipinski definition) is 2. The Morgan fingerprint density at radius 2 is 0.943 bits per heavy atom. The molecule has 4 atom stereocenters. The minimum absolute atomic E-state index is 0.266. The standard InChI is InChI=1S/C51H40N2/c1-32-9-7-11-40(25-32)52-48-15-5-3-13-42(48)46-30-36(21-23-50(46)52)34-17-19-38-27-39-20-18-35(29-45(39)44(38)28-34)37-22-24-51-47(31-37)43-14-4-6-16-49(43)53(51)41-12-8-10-33(2)26-41/h3-26,28-31,46-47,50-51H,27H2,1-2H3. The topological polar surface area (TPSA) is 6.48 Å². The molecule has 0 aromatic heterocycles. The lowest BCUT2D eigenvalue weighted by Gasteiger charge is -2.30. The first-order valence-electron chi connectivity index (χ1n) is 19.0. The Balaban J connectivity index is 0.924. The van der Waals surface area contributed by atoms with Gasteiger partial charge >= 0.3 is 0 Å². The van der Waals surface area contributed by atoms with E-state index >= 15 is 0 Å². The summed E-state index contributed by atoms with van der Waals surface area (Å²) in [5, 5.41) is 0. The van der Waals surface area contributed by atoms with E-state index in [-0.39, 0.29) is 12.1 Å². The van der Waals surface area contributed by atoms with Crippen molar-refractivity contribution in [2.24, 2.45) is 0 Å². The average Bonchev–Trinajstić information content (AvgIpc) is 3.84. The molecule has 5 aliphatic rings. The molecule has 0 radical (unpaired) electrons. The van der Waals surface area contributed by atoms with Crippen LogP contribution in [0.5, 0.6) is 0 Å². The van der Waals surface area contributed by atoms with Gasteiger partial charge in [0.05, 0.1) is 12.1 Å². The summed E-state index contributed by atoms with van der Waals surface area (Å²) in [6.45, 7) is 4.36. The Kier molecular flexibility index (Phi) is 6.73. The summed E-state index contributed by atoms with van der Waals surface area (Å²) in [5.74, 6) is 0.602. The van der Waals surface area contributed by atoms with Crippen LogP contribution in [-0.2, 0) is 6.42 Å². The third kappa shape index (κ3) is 4.78. The van der Waals surface area contributed by atoms with E-state index in [4.69, 9.17) is 0 Å². The Hall–Kier alpha value is -6.12. The molecule has 0 amide bonds. The Morgan fingerprint density at radius 1 is 0.472 bits per heavy atom. The van der Waals surface area contributed by atoms with Crippen LogP contribution >= 0.6 is 0 Å². The molecule has 2 aliphatic heterocycles. The van der Waals surface area contributed by atoms with Gasteiger partial charge in [-0.15, -0.1) is 0 Å². The predicted molar refractivity (Wildman–Crippen MR) is 221 cm³/mol. The highest BCUT2D eigenvalue weighted by Gasteiger charge is 2.39. The predicted octanol–water partition coefficient (Wildman–Crippen LogP) is 12.4. The van der Waals surface area contributed by atoms with Gasteiger partial charge in [0.1, 0.15) is 0 Å². The van der Waals surface area contributed by atoms with Crippen molar-refractivity contribution in [2.45, 2.75) is 44.2 Å². The first-order valence-corrected chi connectivity index (χ1v) is 19.0. The number of para-hydroxylation sites is 2. The maximum atomic E-state index is 2.53. The van der Waals surface area contributed by atoms with Gasteiger partial charge in [-0.1, -0.05) is 121 Å². The number of hydrogen-bond donors (Lipinski definition) is 0. The second-order valence-corrected chi connectivity index (χ2v) is 15.5. The second kappa shape index (κ2) is 11.7. The molecular formula is C51H40N2. The Labute approximate surface area is 312 Å². The van der Waals surface area contributed by atoms with Crippen LogP contribution in [0.15, 0.2) is 170 Å². The molecule has 2 nitrogen and oxygen atoms in total. The third-order valence-electron chi connectivity index (χ3n) is 12.2. The highest BCUT2D eigenvalue weighted by molar-refractivity contribution is 5.89. The molecule has 6 aromatic rings. The minimum Gasteiger partial charge on any atom is -0.333 e. The molecule has 11 rings (SSSR count). The van der Waals surface area contributed by atoms with Crippen molar-refractivity contribution in [3.05, 3.63) is 214 Å². The van der Waals surface area contributed by atoms with Gasteiger partial charge in [-0.3, -0.25) is 0 Å². The molecule has 254 valence electrons. The van der Waals surface area contributed by atoms with E-state index in [2.05, 4.69) is 194 Å². The Morgan fingerprint density at radius 3 is 1.42 bits per heavy atom. The van der Waals surface area contributed by atoms with Gasteiger partial charge in [-0.05, 0) is 136 Å². The fourth-order valence-corrected chi connectivity index (χ4v) is 9.77. The van der Waals surface area contributed by atoms with Gasteiger partial charge in [-0.2, -0.15) is 0 Å². The van der Waals surface area contributed by atoms with Crippen LogP contribution in [0.3, 0.4) is 0 Å². The highest BCUT2D eigenvalue weighted by atomic mass is 15.2. The van der Waals surface area contributed by atoms with Crippen molar-refractivity contribution < 1.29 is 0 Å². The van der Waals surface area contributed by atoms with Crippen LogP contribution in [-0.4, -0.2) is 12.1 Å². The number of nitrogens with zero attached hydrogens (tertiary/aromatic N) is 2. The molecule has 0 spiro atoms. The van der Waals surface area contributed by atoms with Gasteiger partial charge in [0.25, 0.3) is 0 Å². The lowest BCUT2D eigenvalue weighted by Crippen LogP contribution is -2.29. The van der Waals surface area contributed by atoms with Crippen molar-refractivity contribution in [3.63, 3.8) is 0 Å². The summed E-state index contributed by atoms with van der Waals surface area (Å²) in [6.07, 6.45) is 15.6. The van der Waals surface area contributed by atoms with Crippen molar-refractivity contribution in [1.29, 1.82) is 0 Å². The zero-order valence-corrected chi connectivity index (χ0v) is 30.1. The monoisotopic (exact) mass is 680 g/mol. The van der Waals surface area contributed by atoms with E-state index in [0.717, 1.165) is 6.42 Å². The lowest BCUT2D eigenvalue weighted by atomic mass is 9.85. The normalized spacial score (nSPS) is 21.3. The zero-order valence-electron chi connectivity index (χ0n) is 30.1. The van der Waals surface area contributed by atoms with Crippen molar-refractivity contribution >= 4 is 33.9 Å². The van der Waals surface area contributed by atoms with Crippen LogP contribution in [0, 0.1) is 13.8 Å². The molecule has 2 heterocycles. The van der Waals surface area contributed by atoms with Crippen molar-refractivity contribution in [3.8, 4) is 11.1 Å². The molecule has 2 heteroatoms. The number of anilines is 4. The van der Waals surface area contributed by atoms with Crippen LogP contribution in [0.2, 0.25) is 0 Å². The maximum Gasteiger partial charge on any atom is 0.0630 e. The van der Waals surface area contributed by atoms with Crippen LogP contribution in [0.1, 0.15) is 56.3 Å². The number of benzene rings is 6. The average molecular weight is 681 g/mol. The summed E-state index contributed by atoms with van der Waals surface area (Å²) >= 11 is 0. The number of fused-ring (bicyclic) bond motifs is 9. The fourth-order valence-electron chi connectivity index (χ4n) is 9.77. The number of aryl methyl sites for hydroxylation is 2. The van der Waals surface area contributed by atoms with Gasteiger partial charge in [0.15, 0.2) is 0 Å². The molecule has 0 saturated carbocycles. The summed E-state index contributed by atoms with van der Waals surface area (Å²) < 4.78 is 0. The summed E-state index contributed by atoms with van der Waals surface area (Å²) in [7, 11) is 0. The van der Waals surface area contributed by atoms with Gasteiger partial charge < -0.3 is 9.80 Å². The first-order chi connectivity index (χ1) is 26.1. The van der Waals surface area contributed by atoms with Gasteiger partial charge in [-0.25, -0.2) is 0 Å². The number of rotatable bonds is 4. The molecule has 6 aromatic carbocycles. The molecular weight excluding hydrogens is 641 g/mol. The van der Waals surface area contributed by atoms with E-state index in [1.807, 2.05) is 0 Å². The molecule has 0 N–H and O–H groups in total. The van der Waals surface area contributed by atoms with Crippen LogP contribution in [0.4, 0.5) is 22.7 Å². The van der Waals surface area contributed by atoms with Gasteiger partial charge in [0, 0.05) is 34.6 Å². The first kappa shape index (κ1) is 30.5. The molecule has 0 bridgehead atoms. The second-order valence-electron chi connectivity index (χ2n) is 15.5. The maximum absolute atomic E-state index is 2.53. The van der Waals surface area contributed by atoms with Crippen LogP contribution < -0.4 is 9.80 Å². The molecule has 4 unspecified atom stereocenters. The zero-order chi connectivity index (χ0) is 35.2. The van der Waals surface area contributed by atoms with E-state index in [1.165, 1.54) is 89.5 Å². The van der Waals surface area contributed by atoms with E-state index in [1.54, 1.807) is 0 Å². The smallest absolute Gasteiger partial charge is 0.0630 e. The molecule has 0 saturated heterocycles.